The Labute approximate surface area is 279 Å². The Kier molecular flexibility index (Phi) is 7.83. The molecule has 0 fully saturated rings. The van der Waals surface area contributed by atoms with E-state index in [1.807, 2.05) is 115 Å². The van der Waals surface area contributed by atoms with Crippen molar-refractivity contribution in [2.75, 3.05) is 0 Å². The molecule has 0 bridgehead atoms. The molecule has 0 N–H and O–H groups in total. The first-order valence-electron chi connectivity index (χ1n) is 15.8. The lowest BCUT2D eigenvalue weighted by molar-refractivity contribution is 1.18. The van der Waals surface area contributed by atoms with Crippen molar-refractivity contribution in [3.63, 3.8) is 0 Å². The number of rotatable bonds is 7. The van der Waals surface area contributed by atoms with Crippen LogP contribution in [0, 0.1) is 0 Å². The van der Waals surface area contributed by atoms with Gasteiger partial charge in [-0.25, -0.2) is 19.9 Å². The Morgan fingerprint density at radius 2 is 0.792 bits per heavy atom. The Bertz CT molecular complexity index is 2210. The molecule has 48 heavy (non-hydrogen) atoms. The van der Waals surface area contributed by atoms with Crippen molar-refractivity contribution in [2.45, 2.75) is 0 Å². The molecule has 0 aliphatic rings. The van der Waals surface area contributed by atoms with Gasteiger partial charge in [0.1, 0.15) is 0 Å². The minimum Gasteiger partial charge on any atom is -0.255 e. The first-order valence-corrected chi connectivity index (χ1v) is 15.8. The molecule has 0 amide bonds. The van der Waals surface area contributed by atoms with Crippen LogP contribution in [0.4, 0.5) is 0 Å². The molecular weight excluding hydrogens is 587 g/mol. The molecule has 226 valence electrons. The van der Waals surface area contributed by atoms with Crippen LogP contribution < -0.4 is 0 Å². The van der Waals surface area contributed by atoms with Gasteiger partial charge in [-0.15, -0.1) is 0 Å². The average molecular weight is 616 g/mol. The van der Waals surface area contributed by atoms with Gasteiger partial charge >= 0.3 is 0 Å². The van der Waals surface area contributed by atoms with Crippen LogP contribution in [0.5, 0.6) is 0 Å². The summed E-state index contributed by atoms with van der Waals surface area (Å²) < 4.78 is 0. The number of hydrogen-bond donors (Lipinski definition) is 0. The lowest BCUT2D eigenvalue weighted by Crippen LogP contribution is -1.98. The van der Waals surface area contributed by atoms with Crippen LogP contribution in [-0.2, 0) is 0 Å². The molecule has 4 aromatic carbocycles. The van der Waals surface area contributed by atoms with Gasteiger partial charge in [-0.1, -0.05) is 127 Å². The molecular formula is C43H29N5. The zero-order valence-corrected chi connectivity index (χ0v) is 26.0. The summed E-state index contributed by atoms with van der Waals surface area (Å²) in [4.78, 5) is 24.9. The van der Waals surface area contributed by atoms with Crippen molar-refractivity contribution in [1.82, 2.24) is 24.9 Å². The molecule has 0 saturated carbocycles. The summed E-state index contributed by atoms with van der Waals surface area (Å²) >= 11 is 0. The van der Waals surface area contributed by atoms with E-state index in [1.54, 1.807) is 6.20 Å². The van der Waals surface area contributed by atoms with E-state index >= 15 is 0 Å². The number of nitrogens with zero attached hydrogens (tertiary/aromatic N) is 5. The predicted octanol–water partition coefficient (Wildman–Crippen LogP) is 10.3. The Hall–Kier alpha value is -6.59. The van der Waals surface area contributed by atoms with E-state index in [2.05, 4.69) is 59.6 Å². The van der Waals surface area contributed by atoms with Crippen molar-refractivity contribution < 1.29 is 0 Å². The zero-order chi connectivity index (χ0) is 32.1. The largest absolute Gasteiger partial charge is 0.255 e. The molecule has 0 unspecified atom stereocenters. The zero-order valence-electron chi connectivity index (χ0n) is 26.0. The topological polar surface area (TPSA) is 64.5 Å². The molecule has 0 atom stereocenters. The molecule has 0 aliphatic carbocycles. The van der Waals surface area contributed by atoms with E-state index in [0.29, 0.717) is 5.82 Å². The minimum atomic E-state index is 0.674. The Morgan fingerprint density at radius 1 is 0.271 bits per heavy atom. The highest BCUT2D eigenvalue weighted by molar-refractivity contribution is 5.84. The van der Waals surface area contributed by atoms with Crippen molar-refractivity contribution in [1.29, 1.82) is 0 Å². The normalized spacial score (nSPS) is 10.9. The van der Waals surface area contributed by atoms with E-state index in [9.17, 15) is 0 Å². The lowest BCUT2D eigenvalue weighted by Gasteiger charge is -2.14. The van der Waals surface area contributed by atoms with E-state index in [-0.39, 0.29) is 0 Å². The summed E-state index contributed by atoms with van der Waals surface area (Å²) in [6.07, 6.45) is 1.79. The third-order valence-electron chi connectivity index (χ3n) is 8.18. The van der Waals surface area contributed by atoms with E-state index < -0.39 is 0 Å². The summed E-state index contributed by atoms with van der Waals surface area (Å²) in [5, 5.41) is 0. The fourth-order valence-corrected chi connectivity index (χ4v) is 5.82. The van der Waals surface area contributed by atoms with E-state index in [4.69, 9.17) is 19.9 Å². The molecule has 0 radical (unpaired) electrons. The second kappa shape index (κ2) is 13.0. The van der Waals surface area contributed by atoms with Crippen LogP contribution in [0.25, 0.3) is 79.1 Å². The van der Waals surface area contributed by atoms with Gasteiger partial charge in [0.05, 0.1) is 39.9 Å². The maximum atomic E-state index is 5.20. The van der Waals surface area contributed by atoms with E-state index in [0.717, 1.165) is 73.2 Å². The van der Waals surface area contributed by atoms with Gasteiger partial charge in [0.25, 0.3) is 0 Å². The summed E-state index contributed by atoms with van der Waals surface area (Å²) in [5.41, 5.74) is 11.8. The highest BCUT2D eigenvalue weighted by Crippen LogP contribution is 2.35. The highest BCUT2D eigenvalue weighted by Gasteiger charge is 2.16. The lowest BCUT2D eigenvalue weighted by atomic mass is 9.99. The van der Waals surface area contributed by atoms with Crippen LogP contribution in [0.15, 0.2) is 176 Å². The van der Waals surface area contributed by atoms with Crippen LogP contribution in [0.3, 0.4) is 0 Å². The number of aromatic nitrogens is 5. The van der Waals surface area contributed by atoms with Crippen LogP contribution in [0.2, 0.25) is 0 Å². The number of hydrogen-bond acceptors (Lipinski definition) is 5. The fourth-order valence-electron chi connectivity index (χ4n) is 5.82. The molecule has 0 saturated heterocycles. The van der Waals surface area contributed by atoms with Crippen LogP contribution in [-0.4, -0.2) is 24.9 Å². The van der Waals surface area contributed by atoms with Crippen molar-refractivity contribution >= 4 is 0 Å². The van der Waals surface area contributed by atoms with Crippen LogP contribution >= 0.6 is 0 Å². The van der Waals surface area contributed by atoms with Gasteiger partial charge in [-0.05, 0) is 53.6 Å². The van der Waals surface area contributed by atoms with Crippen molar-refractivity contribution in [3.05, 3.63) is 176 Å². The smallest absolute Gasteiger partial charge is 0.160 e. The summed E-state index contributed by atoms with van der Waals surface area (Å²) in [6.45, 7) is 0. The maximum Gasteiger partial charge on any atom is 0.160 e. The molecule has 5 heteroatoms. The van der Waals surface area contributed by atoms with Crippen LogP contribution in [0.1, 0.15) is 0 Å². The van der Waals surface area contributed by atoms with Gasteiger partial charge in [0, 0.05) is 28.5 Å². The minimum absolute atomic E-state index is 0.674. The first-order chi connectivity index (χ1) is 23.8. The summed E-state index contributed by atoms with van der Waals surface area (Å²) in [7, 11) is 0. The Morgan fingerprint density at radius 3 is 1.48 bits per heavy atom. The monoisotopic (exact) mass is 615 g/mol. The fraction of sp³-hybridized carbons (Fsp3) is 0. The number of pyridine rings is 3. The van der Waals surface area contributed by atoms with Crippen molar-refractivity contribution in [3.8, 4) is 79.1 Å². The first kappa shape index (κ1) is 28.9. The summed E-state index contributed by atoms with van der Waals surface area (Å²) in [5.74, 6) is 0.674. The predicted molar refractivity (Wildman–Crippen MR) is 193 cm³/mol. The van der Waals surface area contributed by atoms with Gasteiger partial charge < -0.3 is 0 Å². The van der Waals surface area contributed by atoms with E-state index in [1.165, 1.54) is 0 Å². The third kappa shape index (κ3) is 6.00. The van der Waals surface area contributed by atoms with Gasteiger partial charge in [0.15, 0.2) is 5.82 Å². The molecule has 8 aromatic rings. The van der Waals surface area contributed by atoms with Gasteiger partial charge in [0.2, 0.25) is 0 Å². The molecule has 4 aromatic heterocycles. The van der Waals surface area contributed by atoms with Crippen molar-refractivity contribution in [2.24, 2.45) is 0 Å². The third-order valence-corrected chi connectivity index (χ3v) is 8.18. The maximum absolute atomic E-state index is 5.20. The Balaban J connectivity index is 1.26. The van der Waals surface area contributed by atoms with Gasteiger partial charge in [-0.3, -0.25) is 4.98 Å². The molecule has 4 heterocycles. The standard InChI is InChI=1S/C43H29N5/c1-4-15-30(16-5-1)33-27-41(37-23-12-13-26-44-37)46-42(28-33)38-25-14-24-36(45-38)34-21-10-11-22-35(34)40-29-39(31-17-6-2-7-18-31)47-43(48-40)32-19-8-3-9-20-32/h1-29H. The number of benzene rings is 4. The second-order valence-electron chi connectivity index (χ2n) is 11.4. The molecule has 8 rings (SSSR count). The average Bonchev–Trinajstić information content (AvgIpc) is 3.19. The molecule has 0 aliphatic heterocycles. The second-order valence-corrected chi connectivity index (χ2v) is 11.4. The molecule has 0 spiro atoms. The quantitative estimate of drug-likeness (QED) is 0.178. The SMILES string of the molecule is c1ccc(-c2cc(-c3ccccn3)nc(-c3cccc(-c4ccccc4-c4cc(-c5ccccc5)nc(-c5ccccc5)n4)n3)c2)cc1. The summed E-state index contributed by atoms with van der Waals surface area (Å²) in [6, 6.07) is 57.2. The highest BCUT2D eigenvalue weighted by atomic mass is 14.9. The van der Waals surface area contributed by atoms with Gasteiger partial charge in [-0.2, -0.15) is 0 Å². The molecule has 5 nitrogen and oxygen atoms in total.